The molecule has 19 heteroatoms. The van der Waals surface area contributed by atoms with Crippen molar-refractivity contribution in [2.24, 2.45) is 22.9 Å². The predicted molar refractivity (Wildman–Crippen MR) is 217 cm³/mol. The highest BCUT2D eigenvalue weighted by molar-refractivity contribution is 5.95. The summed E-state index contributed by atoms with van der Waals surface area (Å²) in [7, 11) is 0. The van der Waals surface area contributed by atoms with Crippen molar-refractivity contribution in [3.05, 3.63) is 90.1 Å². The Balaban J connectivity index is 1.48. The topological polar surface area (TPSA) is 314 Å². The molecule has 0 aliphatic carbocycles. The van der Waals surface area contributed by atoms with E-state index >= 15 is 0 Å². The first-order valence-electron chi connectivity index (χ1n) is 19.2. The smallest absolute Gasteiger partial charge is 0.336 e. The number of nitrogens with one attached hydrogen (secondary N) is 7. The Morgan fingerprint density at radius 3 is 2.10 bits per heavy atom. The first-order chi connectivity index (χ1) is 27.9. The van der Waals surface area contributed by atoms with Gasteiger partial charge in [0, 0.05) is 54.8 Å². The second-order valence-corrected chi connectivity index (χ2v) is 14.0. The number of unbranched alkanes of at least 4 members (excludes halogenated alkanes) is 1. The number of hydrogen-bond donors (Lipinski definition) is 11. The second-order valence-electron chi connectivity index (χ2n) is 14.0. The standard InChI is InChI=1S/C39H55N13O6/c1-24(47-37(56)33(19-26-21-45-30-13-6-5-12-28(26)30)49-36(55)29(42)20-27-22-44-23-46-27)35(54)51-52(17-9-16-41)39(58)50-32(18-25-10-3-2-4-11-25)38(57)48-31(34(43)53)14-7-8-15-40/h2-6,10-13,21-24,29,31-33,45H,7-9,14-20,40-42H2,1H3,(H2,43,53)(H,44,46)(H,47,56)(H,48,57)(H,49,55)(H,50,58)(H,51,54)/t24-,29-,31-,32+,33+/m0/s1. The molecule has 0 aliphatic heterocycles. The van der Waals surface area contributed by atoms with Crippen LogP contribution in [0.3, 0.4) is 0 Å². The molecule has 0 unspecified atom stereocenters. The van der Waals surface area contributed by atoms with Crippen LogP contribution >= 0.6 is 0 Å². The van der Waals surface area contributed by atoms with Crippen molar-refractivity contribution in [2.75, 3.05) is 19.6 Å². The van der Waals surface area contributed by atoms with Crippen LogP contribution < -0.4 is 49.6 Å². The van der Waals surface area contributed by atoms with Gasteiger partial charge in [-0.1, -0.05) is 48.5 Å². The number of para-hydroxylation sites is 1. The van der Waals surface area contributed by atoms with E-state index in [2.05, 4.69) is 41.6 Å². The van der Waals surface area contributed by atoms with Gasteiger partial charge in [-0.25, -0.2) is 14.8 Å². The summed E-state index contributed by atoms with van der Waals surface area (Å²) in [5.41, 5.74) is 28.5. The molecule has 19 nitrogen and oxygen atoms in total. The molecule has 0 radical (unpaired) electrons. The zero-order valence-corrected chi connectivity index (χ0v) is 32.5. The van der Waals surface area contributed by atoms with E-state index in [1.165, 1.54) is 13.3 Å². The fourth-order valence-corrected chi connectivity index (χ4v) is 6.14. The lowest BCUT2D eigenvalue weighted by Gasteiger charge is -2.29. The highest BCUT2D eigenvalue weighted by atomic mass is 16.2. The monoisotopic (exact) mass is 801 g/mol. The van der Waals surface area contributed by atoms with Crippen LogP contribution in [0.15, 0.2) is 73.3 Å². The van der Waals surface area contributed by atoms with Crippen LogP contribution in [0, 0.1) is 0 Å². The number of benzene rings is 2. The van der Waals surface area contributed by atoms with Crippen LogP contribution in [0.25, 0.3) is 10.9 Å². The number of carbonyl (C=O) groups is 6. The summed E-state index contributed by atoms with van der Waals surface area (Å²) in [6.45, 7) is 1.94. The van der Waals surface area contributed by atoms with E-state index in [1.54, 1.807) is 42.7 Å². The van der Waals surface area contributed by atoms with E-state index in [0.29, 0.717) is 30.6 Å². The van der Waals surface area contributed by atoms with Crippen LogP contribution in [0.2, 0.25) is 0 Å². The first-order valence-corrected chi connectivity index (χ1v) is 19.2. The van der Waals surface area contributed by atoms with Crippen molar-refractivity contribution in [3.63, 3.8) is 0 Å². The van der Waals surface area contributed by atoms with E-state index in [-0.39, 0.29) is 45.2 Å². The minimum atomic E-state index is -1.21. The van der Waals surface area contributed by atoms with E-state index in [9.17, 15) is 28.8 Å². The van der Waals surface area contributed by atoms with Gasteiger partial charge in [-0.2, -0.15) is 0 Å². The molecule has 5 atom stereocenters. The number of primary amides is 1. The number of H-pyrrole nitrogens is 2. The fourth-order valence-electron chi connectivity index (χ4n) is 6.14. The number of aromatic nitrogens is 3. The number of hydrogen-bond acceptors (Lipinski definition) is 10. The van der Waals surface area contributed by atoms with E-state index in [0.717, 1.165) is 21.5 Å². The minimum absolute atomic E-state index is 0.0485. The Morgan fingerprint density at radius 2 is 1.41 bits per heavy atom. The van der Waals surface area contributed by atoms with Gasteiger partial charge in [-0.3, -0.25) is 29.4 Å². The number of amides is 7. The maximum atomic E-state index is 13.8. The molecule has 0 spiro atoms. The number of carbonyl (C=O) groups excluding carboxylic acids is 6. The highest BCUT2D eigenvalue weighted by Gasteiger charge is 2.31. The number of imidazole rings is 1. The molecule has 0 saturated heterocycles. The molecule has 58 heavy (non-hydrogen) atoms. The predicted octanol–water partition coefficient (Wildman–Crippen LogP) is -0.905. The van der Waals surface area contributed by atoms with Crippen molar-refractivity contribution in [1.82, 2.24) is 46.7 Å². The van der Waals surface area contributed by atoms with Gasteiger partial charge in [0.25, 0.3) is 5.91 Å². The van der Waals surface area contributed by atoms with Gasteiger partial charge >= 0.3 is 6.03 Å². The maximum absolute atomic E-state index is 13.8. The molecule has 7 amide bonds. The van der Waals surface area contributed by atoms with Gasteiger partial charge in [0.05, 0.1) is 12.4 Å². The lowest BCUT2D eigenvalue weighted by Crippen LogP contribution is -2.61. The van der Waals surface area contributed by atoms with Gasteiger partial charge < -0.3 is 54.2 Å². The Kier molecular flexibility index (Phi) is 17.2. The number of rotatable bonds is 22. The Hall–Kier alpha value is -6.31. The van der Waals surface area contributed by atoms with Crippen LogP contribution in [0.5, 0.6) is 0 Å². The largest absolute Gasteiger partial charge is 0.368 e. The van der Waals surface area contributed by atoms with Crippen LogP contribution in [0.4, 0.5) is 4.79 Å². The molecular weight excluding hydrogens is 747 g/mol. The number of aromatic amines is 2. The molecule has 0 saturated carbocycles. The quantitative estimate of drug-likeness (QED) is 0.0344. The summed E-state index contributed by atoms with van der Waals surface area (Å²) < 4.78 is 0. The SMILES string of the molecule is C[C@H](NC(=O)[C@@H](Cc1c[nH]c2ccccc12)NC(=O)[C@@H](N)Cc1cnc[nH]1)C(=O)NN(CCCN)C(=O)N[C@H](Cc1ccccc1)C(=O)N[C@@H](CCCCN)C(N)=O. The third-order valence-electron chi connectivity index (χ3n) is 9.40. The van der Waals surface area contributed by atoms with Crippen molar-refractivity contribution in [1.29, 1.82) is 0 Å². The van der Waals surface area contributed by atoms with Crippen molar-refractivity contribution >= 4 is 46.5 Å². The molecule has 2 aromatic heterocycles. The summed E-state index contributed by atoms with van der Waals surface area (Å²) >= 11 is 0. The number of nitrogens with zero attached hydrogens (tertiary/aromatic N) is 2. The van der Waals surface area contributed by atoms with Crippen molar-refractivity contribution in [3.8, 4) is 0 Å². The van der Waals surface area contributed by atoms with Crippen LogP contribution in [-0.2, 0) is 43.2 Å². The first kappa shape index (κ1) is 44.4. The zero-order valence-electron chi connectivity index (χ0n) is 32.5. The Bertz CT molecular complexity index is 1960. The molecule has 0 bridgehead atoms. The molecule has 312 valence electrons. The lowest BCUT2D eigenvalue weighted by atomic mass is 10.0. The Morgan fingerprint density at radius 1 is 0.741 bits per heavy atom. The lowest BCUT2D eigenvalue weighted by molar-refractivity contribution is -0.133. The average molecular weight is 802 g/mol. The van der Waals surface area contributed by atoms with Crippen molar-refractivity contribution < 1.29 is 28.8 Å². The summed E-state index contributed by atoms with van der Waals surface area (Å²) in [5, 5.41) is 12.5. The number of fused-ring (bicyclic) bond motifs is 1. The molecule has 2 heterocycles. The third-order valence-corrected chi connectivity index (χ3v) is 9.40. The molecule has 0 aliphatic rings. The van der Waals surface area contributed by atoms with Gasteiger partial charge in [-0.05, 0) is 62.9 Å². The number of hydrazine groups is 1. The maximum Gasteiger partial charge on any atom is 0.336 e. The summed E-state index contributed by atoms with van der Waals surface area (Å²) in [5.74, 6) is -3.44. The second kappa shape index (κ2) is 22.4. The molecule has 4 rings (SSSR count). The summed E-state index contributed by atoms with van der Waals surface area (Å²) in [6, 6.07) is 9.99. The van der Waals surface area contributed by atoms with Gasteiger partial charge in [-0.15, -0.1) is 0 Å². The van der Waals surface area contributed by atoms with Gasteiger partial charge in [0.2, 0.25) is 23.6 Å². The normalized spacial score (nSPS) is 13.7. The minimum Gasteiger partial charge on any atom is -0.368 e. The Labute approximate surface area is 336 Å². The fraction of sp³-hybridized carbons (Fsp3) is 0.410. The number of nitrogens with two attached hydrogens (primary N) is 4. The summed E-state index contributed by atoms with van der Waals surface area (Å²) in [6.07, 6.45) is 6.71. The average Bonchev–Trinajstić information content (AvgIpc) is 3.88. The van der Waals surface area contributed by atoms with Crippen molar-refractivity contribution in [2.45, 2.75) is 82.1 Å². The van der Waals surface area contributed by atoms with E-state index < -0.39 is 65.8 Å². The van der Waals surface area contributed by atoms with Gasteiger partial charge in [0.15, 0.2) is 0 Å². The van der Waals surface area contributed by atoms with E-state index in [1.807, 2.05) is 24.3 Å². The number of urea groups is 1. The highest BCUT2D eigenvalue weighted by Crippen LogP contribution is 2.19. The summed E-state index contributed by atoms with van der Waals surface area (Å²) in [4.78, 5) is 90.3. The molecule has 2 aromatic carbocycles. The van der Waals surface area contributed by atoms with Crippen LogP contribution in [0.1, 0.15) is 49.4 Å². The molecular formula is C39H55N13O6. The zero-order chi connectivity index (χ0) is 42.0. The van der Waals surface area contributed by atoms with Crippen LogP contribution in [-0.4, -0.2) is 105 Å². The van der Waals surface area contributed by atoms with Gasteiger partial charge in [0.1, 0.15) is 24.2 Å². The van der Waals surface area contributed by atoms with E-state index in [4.69, 9.17) is 22.9 Å². The molecule has 0 fully saturated rings. The molecule has 15 N–H and O–H groups in total. The third kappa shape index (κ3) is 13.4. The molecule has 4 aromatic rings.